The van der Waals surface area contributed by atoms with Crippen LogP contribution in [0.25, 0.3) is 0 Å². The Labute approximate surface area is 119 Å². The number of oxime groups is 1. The van der Waals surface area contributed by atoms with Crippen molar-refractivity contribution in [1.82, 2.24) is 0 Å². The van der Waals surface area contributed by atoms with E-state index in [9.17, 15) is 0 Å². The lowest BCUT2D eigenvalue weighted by Crippen LogP contribution is -2.25. The van der Waals surface area contributed by atoms with E-state index in [2.05, 4.69) is 5.16 Å². The molecule has 19 heavy (non-hydrogen) atoms. The topological polar surface area (TPSA) is 58.6 Å². The van der Waals surface area contributed by atoms with Crippen LogP contribution in [0.4, 0.5) is 0 Å². The van der Waals surface area contributed by atoms with Gasteiger partial charge in [0.05, 0.1) is 5.92 Å². The molecular weight excluding hydrogens is 256 g/mol. The van der Waals surface area contributed by atoms with Crippen LogP contribution in [0.1, 0.15) is 43.6 Å². The number of rotatable bonds is 5. The SMILES string of the molecule is NC(=NO)C(CSC1CCCCC1)c1ccccc1. The molecule has 0 bridgehead atoms. The molecule has 0 amide bonds. The molecule has 1 aliphatic carbocycles. The molecule has 1 unspecified atom stereocenters. The summed E-state index contributed by atoms with van der Waals surface area (Å²) in [5, 5.41) is 12.9. The standard InChI is InChI=1S/C15H22N2OS/c16-15(17-18)14(12-7-3-1-4-8-12)11-19-13-9-5-2-6-10-13/h1,3-4,7-8,13-14,18H,2,5-6,9-11H2,(H2,16,17). The maximum atomic E-state index is 8.96. The second-order valence-electron chi connectivity index (χ2n) is 5.08. The number of benzene rings is 1. The molecule has 1 aromatic carbocycles. The largest absolute Gasteiger partial charge is 0.409 e. The first-order chi connectivity index (χ1) is 9.31. The zero-order chi connectivity index (χ0) is 13.5. The van der Waals surface area contributed by atoms with Crippen LogP contribution in [0.2, 0.25) is 0 Å². The van der Waals surface area contributed by atoms with E-state index >= 15 is 0 Å². The Bertz CT molecular complexity index is 402. The van der Waals surface area contributed by atoms with Crippen LogP contribution in [0, 0.1) is 0 Å². The molecule has 1 saturated carbocycles. The van der Waals surface area contributed by atoms with Gasteiger partial charge in [0, 0.05) is 11.0 Å². The molecule has 3 nitrogen and oxygen atoms in total. The lowest BCUT2D eigenvalue weighted by atomic mass is 10.00. The number of hydrogen-bond donors (Lipinski definition) is 2. The molecule has 0 saturated heterocycles. The van der Waals surface area contributed by atoms with Crippen LogP contribution in [0.15, 0.2) is 35.5 Å². The minimum absolute atomic E-state index is 0.0122. The first-order valence-corrected chi connectivity index (χ1v) is 8.00. The molecule has 1 aliphatic rings. The molecule has 0 radical (unpaired) electrons. The zero-order valence-corrected chi connectivity index (χ0v) is 12.0. The monoisotopic (exact) mass is 278 g/mol. The summed E-state index contributed by atoms with van der Waals surface area (Å²) in [6.45, 7) is 0. The van der Waals surface area contributed by atoms with Gasteiger partial charge in [-0.15, -0.1) is 0 Å². The van der Waals surface area contributed by atoms with Gasteiger partial charge in [0.2, 0.25) is 0 Å². The minimum atomic E-state index is 0.0122. The van der Waals surface area contributed by atoms with Gasteiger partial charge in [0.1, 0.15) is 5.84 Å². The molecule has 1 fully saturated rings. The van der Waals surface area contributed by atoms with Gasteiger partial charge in [-0.25, -0.2) is 0 Å². The van der Waals surface area contributed by atoms with E-state index in [-0.39, 0.29) is 5.92 Å². The van der Waals surface area contributed by atoms with Gasteiger partial charge in [-0.3, -0.25) is 0 Å². The molecule has 3 N–H and O–H groups in total. The Balaban J connectivity index is 1.98. The molecule has 2 rings (SSSR count). The smallest absolute Gasteiger partial charge is 0.147 e. The summed E-state index contributed by atoms with van der Waals surface area (Å²) in [7, 11) is 0. The normalized spacial score (nSPS) is 19.3. The Kier molecular flexibility index (Phi) is 5.58. The minimum Gasteiger partial charge on any atom is -0.409 e. The van der Waals surface area contributed by atoms with E-state index in [4.69, 9.17) is 10.9 Å². The third-order valence-corrected chi connectivity index (χ3v) is 5.19. The summed E-state index contributed by atoms with van der Waals surface area (Å²) in [4.78, 5) is 0. The number of nitrogens with zero attached hydrogens (tertiary/aromatic N) is 1. The van der Waals surface area contributed by atoms with Gasteiger partial charge >= 0.3 is 0 Å². The average Bonchev–Trinajstić information content (AvgIpc) is 2.49. The maximum Gasteiger partial charge on any atom is 0.147 e. The highest BCUT2D eigenvalue weighted by atomic mass is 32.2. The van der Waals surface area contributed by atoms with Crippen molar-refractivity contribution in [1.29, 1.82) is 0 Å². The Morgan fingerprint density at radius 1 is 1.26 bits per heavy atom. The highest BCUT2D eigenvalue weighted by molar-refractivity contribution is 7.99. The third kappa shape index (κ3) is 4.16. The lowest BCUT2D eigenvalue weighted by molar-refractivity contribution is 0.316. The van der Waals surface area contributed by atoms with Crippen molar-refractivity contribution < 1.29 is 5.21 Å². The summed E-state index contributed by atoms with van der Waals surface area (Å²) < 4.78 is 0. The predicted molar refractivity (Wildman–Crippen MR) is 81.9 cm³/mol. The van der Waals surface area contributed by atoms with E-state index < -0.39 is 0 Å². The van der Waals surface area contributed by atoms with E-state index in [0.29, 0.717) is 5.84 Å². The quantitative estimate of drug-likeness (QED) is 0.374. The van der Waals surface area contributed by atoms with Crippen molar-refractivity contribution in [2.24, 2.45) is 10.9 Å². The van der Waals surface area contributed by atoms with Crippen molar-refractivity contribution >= 4 is 17.6 Å². The first-order valence-electron chi connectivity index (χ1n) is 6.95. The summed E-state index contributed by atoms with van der Waals surface area (Å²) in [5.74, 6) is 1.22. The first kappa shape index (κ1) is 14.3. The summed E-state index contributed by atoms with van der Waals surface area (Å²) in [6, 6.07) is 10.1. The van der Waals surface area contributed by atoms with Crippen LogP contribution >= 0.6 is 11.8 Å². The van der Waals surface area contributed by atoms with Crippen LogP contribution in [-0.4, -0.2) is 22.0 Å². The molecule has 104 valence electrons. The number of amidine groups is 1. The zero-order valence-electron chi connectivity index (χ0n) is 11.2. The second kappa shape index (κ2) is 7.43. The molecule has 0 spiro atoms. The maximum absolute atomic E-state index is 8.96. The average molecular weight is 278 g/mol. The van der Waals surface area contributed by atoms with E-state index in [1.54, 1.807) is 0 Å². The Hall–Kier alpha value is -1.16. The number of nitrogens with two attached hydrogens (primary N) is 1. The van der Waals surface area contributed by atoms with E-state index in [1.807, 2.05) is 42.1 Å². The van der Waals surface area contributed by atoms with E-state index in [1.165, 1.54) is 32.1 Å². The summed E-state index contributed by atoms with van der Waals surface area (Å²) in [6.07, 6.45) is 6.68. The van der Waals surface area contributed by atoms with Crippen LogP contribution in [0.3, 0.4) is 0 Å². The molecule has 4 heteroatoms. The van der Waals surface area contributed by atoms with Gasteiger partial charge in [-0.1, -0.05) is 54.8 Å². The van der Waals surface area contributed by atoms with Crippen LogP contribution in [-0.2, 0) is 0 Å². The molecule has 0 aliphatic heterocycles. The fourth-order valence-electron chi connectivity index (χ4n) is 2.57. The molecule has 0 aromatic heterocycles. The second-order valence-corrected chi connectivity index (χ2v) is 6.41. The molecular formula is C15H22N2OS. The highest BCUT2D eigenvalue weighted by Crippen LogP contribution is 2.31. The van der Waals surface area contributed by atoms with Gasteiger partial charge in [-0.05, 0) is 18.4 Å². The lowest BCUT2D eigenvalue weighted by Gasteiger charge is -2.23. The highest BCUT2D eigenvalue weighted by Gasteiger charge is 2.20. The molecule has 1 aromatic rings. The number of hydrogen-bond acceptors (Lipinski definition) is 3. The summed E-state index contributed by atoms with van der Waals surface area (Å²) in [5.41, 5.74) is 6.98. The Morgan fingerprint density at radius 3 is 2.58 bits per heavy atom. The fraction of sp³-hybridized carbons (Fsp3) is 0.533. The summed E-state index contributed by atoms with van der Waals surface area (Å²) >= 11 is 1.97. The molecule has 0 heterocycles. The van der Waals surface area contributed by atoms with Crippen molar-refractivity contribution in [2.75, 3.05) is 5.75 Å². The van der Waals surface area contributed by atoms with Gasteiger partial charge in [0.15, 0.2) is 0 Å². The number of thioether (sulfide) groups is 1. The van der Waals surface area contributed by atoms with Crippen LogP contribution < -0.4 is 5.73 Å². The Morgan fingerprint density at radius 2 is 1.95 bits per heavy atom. The van der Waals surface area contributed by atoms with Gasteiger partial charge in [-0.2, -0.15) is 11.8 Å². The van der Waals surface area contributed by atoms with Crippen molar-refractivity contribution in [3.63, 3.8) is 0 Å². The third-order valence-electron chi connectivity index (χ3n) is 3.73. The van der Waals surface area contributed by atoms with Crippen molar-refractivity contribution in [3.05, 3.63) is 35.9 Å². The van der Waals surface area contributed by atoms with E-state index in [0.717, 1.165) is 16.6 Å². The fourth-order valence-corrected chi connectivity index (χ4v) is 4.07. The van der Waals surface area contributed by atoms with Gasteiger partial charge < -0.3 is 10.9 Å². The molecule has 1 atom stereocenters. The van der Waals surface area contributed by atoms with Gasteiger partial charge in [0.25, 0.3) is 0 Å². The van der Waals surface area contributed by atoms with Crippen molar-refractivity contribution in [2.45, 2.75) is 43.3 Å². The van der Waals surface area contributed by atoms with Crippen LogP contribution in [0.5, 0.6) is 0 Å². The van der Waals surface area contributed by atoms with Crippen molar-refractivity contribution in [3.8, 4) is 0 Å². The predicted octanol–water partition coefficient (Wildman–Crippen LogP) is 3.58.